The molecule has 0 saturated carbocycles. The van der Waals surface area contributed by atoms with Crippen LogP contribution in [0.15, 0.2) is 12.1 Å². The van der Waals surface area contributed by atoms with E-state index >= 15 is 0 Å². The molecule has 0 bridgehead atoms. The molecule has 0 fully saturated rings. The van der Waals surface area contributed by atoms with Crippen LogP contribution in [0.1, 0.15) is 11.1 Å². The van der Waals surface area contributed by atoms with Gasteiger partial charge in [0.2, 0.25) is 5.95 Å². The molecule has 0 radical (unpaired) electrons. The molecule has 4 nitrogen and oxygen atoms in total. The summed E-state index contributed by atoms with van der Waals surface area (Å²) in [5.74, 6) is 1.26. The van der Waals surface area contributed by atoms with Crippen molar-refractivity contribution in [3.8, 4) is 17.0 Å². The zero-order valence-electron chi connectivity index (χ0n) is 10.9. The minimum atomic E-state index is 0.405. The summed E-state index contributed by atoms with van der Waals surface area (Å²) in [6.45, 7) is 4.03. The molecule has 0 aliphatic heterocycles. The van der Waals surface area contributed by atoms with Crippen molar-refractivity contribution in [3.05, 3.63) is 28.4 Å². The molecular weight excluding hydrogens is 250 g/mol. The number of benzene rings is 1. The van der Waals surface area contributed by atoms with E-state index in [0.29, 0.717) is 16.8 Å². The van der Waals surface area contributed by atoms with E-state index in [-0.39, 0.29) is 0 Å². The van der Waals surface area contributed by atoms with E-state index in [1.54, 1.807) is 18.7 Å². The van der Waals surface area contributed by atoms with E-state index in [1.165, 1.54) is 0 Å². The largest absolute Gasteiger partial charge is 0.496 e. The first-order valence-corrected chi connectivity index (χ1v) is 5.97. The summed E-state index contributed by atoms with van der Waals surface area (Å²) in [5, 5.41) is 0.542. The van der Waals surface area contributed by atoms with Gasteiger partial charge >= 0.3 is 0 Å². The van der Waals surface area contributed by atoms with Gasteiger partial charge in [0.15, 0.2) is 0 Å². The van der Waals surface area contributed by atoms with Crippen LogP contribution in [-0.4, -0.2) is 16.7 Å². The van der Waals surface area contributed by atoms with Crippen molar-refractivity contribution in [3.63, 3.8) is 0 Å². The second-order valence-electron chi connectivity index (χ2n) is 4.23. The molecule has 0 aliphatic carbocycles. The molecule has 1 aromatic heterocycles. The van der Waals surface area contributed by atoms with Crippen molar-refractivity contribution in [1.82, 2.24) is 9.55 Å². The number of aromatic nitrogens is 2. The van der Waals surface area contributed by atoms with Crippen LogP contribution in [-0.2, 0) is 7.05 Å². The zero-order valence-corrected chi connectivity index (χ0v) is 11.7. The van der Waals surface area contributed by atoms with Gasteiger partial charge in [-0.15, -0.1) is 0 Å². The summed E-state index contributed by atoms with van der Waals surface area (Å²) in [4.78, 5) is 4.31. The van der Waals surface area contributed by atoms with Gasteiger partial charge in [0.05, 0.1) is 7.11 Å². The number of halogens is 1. The van der Waals surface area contributed by atoms with Gasteiger partial charge in [0, 0.05) is 12.6 Å². The molecule has 2 aromatic rings. The minimum Gasteiger partial charge on any atom is -0.496 e. The molecule has 2 N–H and O–H groups in total. The predicted octanol–water partition coefficient (Wildman–Crippen LogP) is 2.95. The highest BCUT2D eigenvalue weighted by molar-refractivity contribution is 6.32. The molecule has 1 aromatic carbocycles. The van der Waals surface area contributed by atoms with Crippen molar-refractivity contribution in [1.29, 1.82) is 0 Å². The van der Waals surface area contributed by atoms with Gasteiger partial charge in [-0.3, -0.25) is 0 Å². The predicted molar refractivity (Wildman–Crippen MR) is 74.1 cm³/mol. The van der Waals surface area contributed by atoms with Gasteiger partial charge in [-0.05, 0) is 37.1 Å². The van der Waals surface area contributed by atoms with Crippen molar-refractivity contribution in [2.45, 2.75) is 13.8 Å². The second-order valence-corrected chi connectivity index (χ2v) is 4.59. The molecular formula is C13H16ClN3O. The van der Waals surface area contributed by atoms with Crippen molar-refractivity contribution in [2.24, 2.45) is 7.05 Å². The Kier molecular flexibility index (Phi) is 3.22. The quantitative estimate of drug-likeness (QED) is 0.908. The number of hydrogen-bond donors (Lipinski definition) is 1. The lowest BCUT2D eigenvalue weighted by molar-refractivity contribution is 0.411. The number of ether oxygens (including phenoxy) is 1. The third-order valence-corrected chi connectivity index (χ3v) is 3.70. The van der Waals surface area contributed by atoms with Crippen LogP contribution in [0, 0.1) is 13.8 Å². The minimum absolute atomic E-state index is 0.405. The van der Waals surface area contributed by atoms with Crippen molar-refractivity contribution in [2.75, 3.05) is 12.8 Å². The van der Waals surface area contributed by atoms with Gasteiger partial charge in [-0.1, -0.05) is 11.6 Å². The number of nitrogens with zero attached hydrogens (tertiary/aromatic N) is 2. The lowest BCUT2D eigenvalue weighted by atomic mass is 10.0. The zero-order chi connectivity index (χ0) is 13.4. The van der Waals surface area contributed by atoms with Crippen LogP contribution >= 0.6 is 11.6 Å². The van der Waals surface area contributed by atoms with Crippen LogP contribution < -0.4 is 10.5 Å². The van der Waals surface area contributed by atoms with E-state index in [0.717, 1.165) is 22.4 Å². The number of anilines is 1. The van der Waals surface area contributed by atoms with E-state index in [4.69, 9.17) is 22.1 Å². The Bertz CT molecular complexity index is 605. The number of imidazole rings is 1. The van der Waals surface area contributed by atoms with E-state index in [2.05, 4.69) is 4.98 Å². The SMILES string of the molecule is COc1ccc(-c2nc(N)n(C)c2Cl)c(C)c1C. The Labute approximate surface area is 111 Å². The van der Waals surface area contributed by atoms with Crippen molar-refractivity contribution < 1.29 is 4.74 Å². The van der Waals surface area contributed by atoms with Crippen molar-refractivity contribution >= 4 is 17.5 Å². The van der Waals surface area contributed by atoms with Crippen LogP contribution in [0.3, 0.4) is 0 Å². The number of rotatable bonds is 2. The average molecular weight is 266 g/mol. The highest BCUT2D eigenvalue weighted by Crippen LogP contribution is 2.34. The van der Waals surface area contributed by atoms with Gasteiger partial charge in [-0.2, -0.15) is 0 Å². The van der Waals surface area contributed by atoms with Crippen LogP contribution in [0.2, 0.25) is 5.15 Å². The van der Waals surface area contributed by atoms with Crippen LogP contribution in [0.5, 0.6) is 5.75 Å². The molecule has 0 amide bonds. The Hall–Kier alpha value is -1.68. The molecule has 5 heteroatoms. The van der Waals surface area contributed by atoms with Gasteiger partial charge in [0.1, 0.15) is 16.6 Å². The second kappa shape index (κ2) is 4.53. The van der Waals surface area contributed by atoms with E-state index < -0.39 is 0 Å². The highest BCUT2D eigenvalue weighted by atomic mass is 35.5. The Balaban J connectivity index is 2.65. The summed E-state index contributed by atoms with van der Waals surface area (Å²) in [7, 11) is 3.45. The standard InChI is InChI=1S/C13H16ClN3O/c1-7-8(2)10(18-4)6-5-9(7)11-12(14)17(3)13(15)16-11/h5-6H,1-4H3,(H2,15,16). The van der Waals surface area contributed by atoms with Gasteiger partial charge < -0.3 is 15.0 Å². The lowest BCUT2D eigenvalue weighted by Crippen LogP contribution is -1.96. The smallest absolute Gasteiger partial charge is 0.201 e. The molecule has 0 aliphatic rings. The number of nitrogen functional groups attached to an aromatic ring is 1. The van der Waals surface area contributed by atoms with Crippen LogP contribution in [0.4, 0.5) is 5.95 Å². The summed E-state index contributed by atoms with van der Waals surface area (Å²) in [5.41, 5.74) is 9.62. The Morgan fingerprint density at radius 1 is 1.28 bits per heavy atom. The molecule has 2 rings (SSSR count). The first-order chi connectivity index (χ1) is 8.47. The summed E-state index contributed by atoms with van der Waals surface area (Å²) in [6, 6.07) is 3.87. The monoisotopic (exact) mass is 265 g/mol. The topological polar surface area (TPSA) is 53.1 Å². The average Bonchev–Trinajstić information content (AvgIpc) is 2.60. The lowest BCUT2D eigenvalue weighted by Gasteiger charge is -2.11. The molecule has 0 atom stereocenters. The number of methoxy groups -OCH3 is 1. The maximum absolute atomic E-state index is 6.24. The molecule has 1 heterocycles. The molecule has 0 unspecified atom stereocenters. The van der Waals surface area contributed by atoms with Gasteiger partial charge in [-0.25, -0.2) is 4.98 Å². The summed E-state index contributed by atoms with van der Waals surface area (Å²) in [6.07, 6.45) is 0. The third-order valence-electron chi connectivity index (χ3n) is 3.27. The first-order valence-electron chi connectivity index (χ1n) is 5.59. The molecule has 0 saturated heterocycles. The van der Waals surface area contributed by atoms with E-state index in [1.807, 2.05) is 26.0 Å². The maximum atomic E-state index is 6.24. The van der Waals surface area contributed by atoms with Crippen LogP contribution in [0.25, 0.3) is 11.3 Å². The summed E-state index contributed by atoms with van der Waals surface area (Å²) < 4.78 is 6.96. The third kappa shape index (κ3) is 1.82. The Morgan fingerprint density at radius 2 is 1.94 bits per heavy atom. The normalized spacial score (nSPS) is 10.7. The highest BCUT2D eigenvalue weighted by Gasteiger charge is 2.16. The van der Waals surface area contributed by atoms with E-state index in [9.17, 15) is 0 Å². The maximum Gasteiger partial charge on any atom is 0.201 e. The number of hydrogen-bond acceptors (Lipinski definition) is 3. The number of nitrogens with two attached hydrogens (primary N) is 1. The molecule has 18 heavy (non-hydrogen) atoms. The first kappa shape index (κ1) is 12.8. The fourth-order valence-electron chi connectivity index (χ4n) is 1.94. The molecule has 0 spiro atoms. The molecule has 96 valence electrons. The fraction of sp³-hybridized carbons (Fsp3) is 0.308. The summed E-state index contributed by atoms with van der Waals surface area (Å²) >= 11 is 6.24. The fourth-order valence-corrected chi connectivity index (χ4v) is 2.17. The Morgan fingerprint density at radius 3 is 2.44 bits per heavy atom. The van der Waals surface area contributed by atoms with Gasteiger partial charge in [0.25, 0.3) is 0 Å².